The number of furan rings is 1. The van der Waals surface area contributed by atoms with Crippen LogP contribution in [-0.2, 0) is 9.47 Å². The highest BCUT2D eigenvalue weighted by atomic mass is 16.6. The molecule has 3 aromatic rings. The van der Waals surface area contributed by atoms with Crippen LogP contribution in [-0.4, -0.2) is 51.8 Å². The first-order valence-corrected chi connectivity index (χ1v) is 17.0. The second-order valence-electron chi connectivity index (χ2n) is 12.2. The molecule has 0 radical (unpaired) electrons. The third-order valence-electron chi connectivity index (χ3n) is 8.27. The molecule has 2 aromatic carbocycles. The van der Waals surface area contributed by atoms with Crippen molar-refractivity contribution in [3.8, 4) is 23.0 Å². The summed E-state index contributed by atoms with van der Waals surface area (Å²) >= 11 is 0. The van der Waals surface area contributed by atoms with Gasteiger partial charge in [0.25, 0.3) is 0 Å². The number of benzene rings is 2. The van der Waals surface area contributed by atoms with Crippen molar-refractivity contribution in [2.45, 2.75) is 116 Å². The van der Waals surface area contributed by atoms with E-state index in [4.69, 9.17) is 32.8 Å². The first kappa shape index (κ1) is 31.8. The Morgan fingerprint density at radius 3 is 1.28 bits per heavy atom. The van der Waals surface area contributed by atoms with Crippen molar-refractivity contribution in [1.82, 2.24) is 0 Å². The van der Waals surface area contributed by atoms with Gasteiger partial charge in [0.05, 0.1) is 26.4 Å². The number of hydrogen-bond donors (Lipinski definition) is 0. The number of ether oxygens (including phenoxy) is 6. The zero-order valence-electron chi connectivity index (χ0n) is 26.5. The first-order chi connectivity index (χ1) is 21.2. The molecule has 0 bridgehead atoms. The number of hydrogen-bond acceptors (Lipinski definition) is 7. The van der Waals surface area contributed by atoms with E-state index in [1.54, 1.807) is 0 Å². The standard InChI is InChI=1S/C36H52O7/c1-3-5-7-9-11-13-15-17-37-33-19-29-30-20-34(38-18-16-14-12-10-8-6-4-2)36(42-26-28-24-40-28)22-32(30)43-31(29)21-35(33)41-25-27-23-39-27/h19-22,27-28H,3-18,23-26H2,1-2H3. The molecular weight excluding hydrogens is 544 g/mol. The molecule has 0 spiro atoms. The van der Waals surface area contributed by atoms with Crippen molar-refractivity contribution in [1.29, 1.82) is 0 Å². The van der Waals surface area contributed by atoms with Crippen LogP contribution in [0.25, 0.3) is 21.9 Å². The summed E-state index contributed by atoms with van der Waals surface area (Å²) < 4.78 is 42.0. The topological polar surface area (TPSA) is 75.1 Å². The molecule has 3 heterocycles. The van der Waals surface area contributed by atoms with Crippen molar-refractivity contribution in [2.75, 3.05) is 39.6 Å². The minimum absolute atomic E-state index is 0.161. The second-order valence-corrected chi connectivity index (χ2v) is 12.2. The fourth-order valence-electron chi connectivity index (χ4n) is 5.42. The quantitative estimate of drug-likeness (QED) is 0.0753. The van der Waals surface area contributed by atoms with Crippen LogP contribution in [0, 0.1) is 0 Å². The van der Waals surface area contributed by atoms with Gasteiger partial charge in [0.15, 0.2) is 23.0 Å². The zero-order valence-corrected chi connectivity index (χ0v) is 26.5. The maximum atomic E-state index is 6.33. The Labute approximate surface area is 257 Å². The highest BCUT2D eigenvalue weighted by molar-refractivity contribution is 6.07. The van der Waals surface area contributed by atoms with Crippen LogP contribution in [0.4, 0.5) is 0 Å². The highest BCUT2D eigenvalue weighted by Gasteiger charge is 2.26. The van der Waals surface area contributed by atoms with E-state index >= 15 is 0 Å². The smallest absolute Gasteiger partial charge is 0.165 e. The summed E-state index contributed by atoms with van der Waals surface area (Å²) in [4.78, 5) is 0. The summed E-state index contributed by atoms with van der Waals surface area (Å²) in [6, 6.07) is 8.03. The Bertz CT molecular complexity index is 1150. The normalized spacial score (nSPS) is 17.4. The number of unbranched alkanes of at least 4 members (excludes halogenated alkanes) is 12. The van der Waals surface area contributed by atoms with Crippen molar-refractivity contribution in [3.63, 3.8) is 0 Å². The Kier molecular flexibility index (Phi) is 12.6. The highest BCUT2D eigenvalue weighted by Crippen LogP contribution is 2.42. The molecule has 2 saturated heterocycles. The predicted octanol–water partition coefficient (Wildman–Crippen LogP) is 9.40. The van der Waals surface area contributed by atoms with Gasteiger partial charge in [-0.3, -0.25) is 0 Å². The Morgan fingerprint density at radius 2 is 0.884 bits per heavy atom. The van der Waals surface area contributed by atoms with Crippen molar-refractivity contribution < 1.29 is 32.8 Å². The summed E-state index contributed by atoms with van der Waals surface area (Å²) in [7, 11) is 0. The van der Waals surface area contributed by atoms with Crippen LogP contribution in [0.2, 0.25) is 0 Å². The van der Waals surface area contributed by atoms with Crippen LogP contribution in [0.5, 0.6) is 23.0 Å². The molecule has 238 valence electrons. The predicted molar refractivity (Wildman–Crippen MR) is 171 cm³/mol. The van der Waals surface area contributed by atoms with Crippen LogP contribution >= 0.6 is 0 Å². The van der Waals surface area contributed by atoms with Gasteiger partial charge in [0.2, 0.25) is 0 Å². The average molecular weight is 597 g/mol. The molecule has 2 fully saturated rings. The van der Waals surface area contributed by atoms with Gasteiger partial charge in [-0.2, -0.15) is 0 Å². The van der Waals surface area contributed by atoms with Gasteiger partial charge in [-0.1, -0.05) is 90.9 Å². The Balaban J connectivity index is 1.28. The van der Waals surface area contributed by atoms with E-state index in [1.807, 2.05) is 12.1 Å². The van der Waals surface area contributed by atoms with E-state index in [0.717, 1.165) is 59.5 Å². The fraction of sp³-hybridized carbons (Fsp3) is 0.667. The molecule has 5 rings (SSSR count). The molecule has 0 saturated carbocycles. The lowest BCUT2D eigenvalue weighted by atomic mass is 10.1. The minimum Gasteiger partial charge on any atom is -0.490 e. The molecule has 0 aliphatic carbocycles. The van der Waals surface area contributed by atoms with Gasteiger partial charge in [0.1, 0.15) is 36.6 Å². The molecule has 2 atom stereocenters. The fourth-order valence-corrected chi connectivity index (χ4v) is 5.42. The van der Waals surface area contributed by atoms with E-state index in [-0.39, 0.29) is 12.2 Å². The number of epoxide rings is 2. The third-order valence-corrected chi connectivity index (χ3v) is 8.27. The summed E-state index contributed by atoms with van der Waals surface area (Å²) in [5.41, 5.74) is 1.51. The number of rotatable bonds is 24. The molecular formula is C36H52O7. The van der Waals surface area contributed by atoms with E-state index < -0.39 is 0 Å². The second kappa shape index (κ2) is 17.0. The van der Waals surface area contributed by atoms with Crippen LogP contribution in [0.1, 0.15) is 104 Å². The molecule has 2 unspecified atom stereocenters. The van der Waals surface area contributed by atoms with Gasteiger partial charge in [0, 0.05) is 22.9 Å². The van der Waals surface area contributed by atoms with E-state index in [1.165, 1.54) is 77.0 Å². The summed E-state index contributed by atoms with van der Waals surface area (Å²) in [6.07, 6.45) is 17.7. The third kappa shape index (κ3) is 10.2. The average Bonchev–Trinajstić information content (AvgIpc) is 3.96. The van der Waals surface area contributed by atoms with E-state index in [9.17, 15) is 0 Å². The van der Waals surface area contributed by atoms with Crippen LogP contribution in [0.3, 0.4) is 0 Å². The van der Waals surface area contributed by atoms with Crippen LogP contribution < -0.4 is 18.9 Å². The lowest BCUT2D eigenvalue weighted by Crippen LogP contribution is -2.06. The van der Waals surface area contributed by atoms with Gasteiger partial charge in [-0.15, -0.1) is 0 Å². The zero-order chi connectivity index (χ0) is 29.7. The van der Waals surface area contributed by atoms with Gasteiger partial charge in [-0.05, 0) is 25.0 Å². The molecule has 2 aliphatic heterocycles. The molecule has 0 amide bonds. The van der Waals surface area contributed by atoms with E-state index in [2.05, 4.69) is 26.0 Å². The van der Waals surface area contributed by atoms with Gasteiger partial charge >= 0.3 is 0 Å². The van der Waals surface area contributed by atoms with Gasteiger partial charge in [-0.25, -0.2) is 0 Å². The molecule has 0 N–H and O–H groups in total. The molecule has 7 nitrogen and oxygen atoms in total. The molecule has 7 heteroatoms. The SMILES string of the molecule is CCCCCCCCCOc1cc2c(cc1OCC1CO1)oc1cc(OCC3CO3)c(OCCCCCCCCC)cc12. The maximum absolute atomic E-state index is 6.33. The molecule has 43 heavy (non-hydrogen) atoms. The lowest BCUT2D eigenvalue weighted by Gasteiger charge is -2.13. The summed E-state index contributed by atoms with van der Waals surface area (Å²) in [6.45, 7) is 8.36. The summed E-state index contributed by atoms with van der Waals surface area (Å²) in [5, 5.41) is 1.97. The van der Waals surface area contributed by atoms with Crippen LogP contribution in [0.15, 0.2) is 28.7 Å². The Hall–Kier alpha value is -2.64. The van der Waals surface area contributed by atoms with Crippen molar-refractivity contribution in [3.05, 3.63) is 24.3 Å². The largest absolute Gasteiger partial charge is 0.490 e. The lowest BCUT2D eigenvalue weighted by molar-refractivity contribution is 0.239. The minimum atomic E-state index is 0.161. The van der Waals surface area contributed by atoms with E-state index in [0.29, 0.717) is 37.9 Å². The summed E-state index contributed by atoms with van der Waals surface area (Å²) in [5.74, 6) is 2.89. The molecule has 2 aliphatic rings. The van der Waals surface area contributed by atoms with Gasteiger partial charge < -0.3 is 32.8 Å². The Morgan fingerprint density at radius 1 is 0.512 bits per heavy atom. The number of fused-ring (bicyclic) bond motifs is 3. The monoisotopic (exact) mass is 596 g/mol. The van der Waals surface area contributed by atoms with Crippen molar-refractivity contribution in [2.24, 2.45) is 0 Å². The molecule has 1 aromatic heterocycles. The first-order valence-electron chi connectivity index (χ1n) is 17.0. The maximum Gasteiger partial charge on any atom is 0.165 e. The van der Waals surface area contributed by atoms with Crippen molar-refractivity contribution >= 4 is 21.9 Å².